The number of aryl methyl sites for hydroxylation is 2. The Hall–Kier alpha value is -2.90. The second-order valence-electron chi connectivity index (χ2n) is 8.90. The molecule has 1 saturated heterocycles. The molecule has 1 aliphatic rings. The lowest BCUT2D eigenvalue weighted by Gasteiger charge is -2.29. The first kappa shape index (κ1) is 22.3. The zero-order valence-electron chi connectivity index (χ0n) is 19.2. The molecule has 0 radical (unpaired) electrons. The van der Waals surface area contributed by atoms with Crippen molar-refractivity contribution < 1.29 is 9.84 Å². The molecule has 0 saturated carbocycles. The summed E-state index contributed by atoms with van der Waals surface area (Å²) in [5.41, 5.74) is 2.65. The highest BCUT2D eigenvalue weighted by atomic mass is 16.5. The van der Waals surface area contributed by atoms with Gasteiger partial charge in [0, 0.05) is 38.1 Å². The third kappa shape index (κ3) is 5.66. The third-order valence-electron chi connectivity index (χ3n) is 5.92. The molecule has 2 aromatic heterocycles. The molecule has 0 bridgehead atoms. The van der Waals surface area contributed by atoms with Crippen LogP contribution in [0.1, 0.15) is 23.4 Å². The standard InChI is InChI=1S/C25H33N5O2/c1-20-16-21(2)30(27-20)14-15-32-23-9-7-22(8-10-23)17-28(3)18-25(31)11-13-29(19-25)24-6-4-5-12-26-24/h4-10,12,16,31H,11,13-15,17-19H2,1-3H3. The van der Waals surface area contributed by atoms with Crippen molar-refractivity contribution in [2.24, 2.45) is 0 Å². The maximum atomic E-state index is 11.1. The minimum atomic E-state index is -0.724. The second-order valence-corrected chi connectivity index (χ2v) is 8.90. The summed E-state index contributed by atoms with van der Waals surface area (Å²) < 4.78 is 7.86. The molecule has 7 heteroatoms. The number of benzene rings is 1. The molecule has 170 valence electrons. The second kappa shape index (κ2) is 9.71. The molecule has 1 aliphatic heterocycles. The fraction of sp³-hybridized carbons (Fsp3) is 0.440. The molecular weight excluding hydrogens is 402 g/mol. The van der Waals surface area contributed by atoms with Gasteiger partial charge in [0.25, 0.3) is 0 Å². The summed E-state index contributed by atoms with van der Waals surface area (Å²) in [5.74, 6) is 1.79. The fourth-order valence-electron chi connectivity index (χ4n) is 4.43. The molecule has 0 amide bonds. The van der Waals surface area contributed by atoms with E-state index in [0.29, 0.717) is 19.7 Å². The number of hydrogen-bond donors (Lipinski definition) is 1. The Kier molecular flexibility index (Phi) is 6.77. The van der Waals surface area contributed by atoms with Gasteiger partial charge in [0.15, 0.2) is 0 Å². The van der Waals surface area contributed by atoms with Gasteiger partial charge >= 0.3 is 0 Å². The summed E-state index contributed by atoms with van der Waals surface area (Å²) >= 11 is 0. The third-order valence-corrected chi connectivity index (χ3v) is 5.92. The Morgan fingerprint density at radius 1 is 1.16 bits per heavy atom. The average molecular weight is 436 g/mol. The molecular formula is C25H33N5O2. The van der Waals surface area contributed by atoms with Gasteiger partial charge in [-0.3, -0.25) is 9.58 Å². The van der Waals surface area contributed by atoms with Crippen LogP contribution in [0, 0.1) is 13.8 Å². The lowest BCUT2D eigenvalue weighted by atomic mass is 10.0. The van der Waals surface area contributed by atoms with Crippen LogP contribution in [-0.4, -0.2) is 63.7 Å². The SMILES string of the molecule is Cc1cc(C)n(CCOc2ccc(CN(C)CC3(O)CCN(c4ccccn4)C3)cc2)n1. The van der Waals surface area contributed by atoms with Crippen LogP contribution in [-0.2, 0) is 13.1 Å². The number of aromatic nitrogens is 3. The van der Waals surface area contributed by atoms with Gasteiger partial charge < -0.3 is 14.7 Å². The summed E-state index contributed by atoms with van der Waals surface area (Å²) in [6.07, 6.45) is 2.54. The Balaban J connectivity index is 1.24. The maximum Gasteiger partial charge on any atom is 0.128 e. The van der Waals surface area contributed by atoms with Gasteiger partial charge in [-0.15, -0.1) is 0 Å². The van der Waals surface area contributed by atoms with Crippen molar-refractivity contribution in [1.82, 2.24) is 19.7 Å². The average Bonchev–Trinajstić information content (AvgIpc) is 3.31. The van der Waals surface area contributed by atoms with E-state index in [9.17, 15) is 5.11 Å². The van der Waals surface area contributed by atoms with Crippen LogP contribution in [0.25, 0.3) is 0 Å². The van der Waals surface area contributed by atoms with Gasteiger partial charge in [-0.2, -0.15) is 5.10 Å². The molecule has 1 N–H and O–H groups in total. The van der Waals surface area contributed by atoms with Crippen LogP contribution in [0.5, 0.6) is 5.75 Å². The van der Waals surface area contributed by atoms with Crippen LogP contribution in [0.4, 0.5) is 5.82 Å². The van der Waals surface area contributed by atoms with E-state index >= 15 is 0 Å². The molecule has 4 rings (SSSR count). The Bertz CT molecular complexity index is 1000. The number of pyridine rings is 1. The van der Waals surface area contributed by atoms with Crippen LogP contribution in [0.15, 0.2) is 54.7 Å². The first-order valence-electron chi connectivity index (χ1n) is 11.2. The van der Waals surface area contributed by atoms with Crippen molar-refractivity contribution in [3.05, 3.63) is 71.7 Å². The summed E-state index contributed by atoms with van der Waals surface area (Å²) in [7, 11) is 2.06. The van der Waals surface area contributed by atoms with E-state index in [1.807, 2.05) is 41.9 Å². The van der Waals surface area contributed by atoms with Crippen molar-refractivity contribution in [3.63, 3.8) is 0 Å². The van der Waals surface area contributed by atoms with Gasteiger partial charge in [-0.1, -0.05) is 18.2 Å². The number of rotatable bonds is 9. The lowest BCUT2D eigenvalue weighted by molar-refractivity contribution is 0.0279. The van der Waals surface area contributed by atoms with Gasteiger partial charge in [0.1, 0.15) is 18.2 Å². The van der Waals surface area contributed by atoms with Crippen LogP contribution < -0.4 is 9.64 Å². The Morgan fingerprint density at radius 3 is 2.66 bits per heavy atom. The highest BCUT2D eigenvalue weighted by Crippen LogP contribution is 2.26. The van der Waals surface area contributed by atoms with Gasteiger partial charge in [-0.25, -0.2) is 4.98 Å². The molecule has 1 atom stereocenters. The van der Waals surface area contributed by atoms with Gasteiger partial charge in [-0.05, 0) is 63.2 Å². The smallest absolute Gasteiger partial charge is 0.128 e. The zero-order chi connectivity index (χ0) is 22.6. The maximum absolute atomic E-state index is 11.1. The number of hydrogen-bond acceptors (Lipinski definition) is 6. The van der Waals surface area contributed by atoms with E-state index in [2.05, 4.69) is 52.1 Å². The number of ether oxygens (including phenoxy) is 1. The van der Waals surface area contributed by atoms with E-state index in [4.69, 9.17) is 4.74 Å². The molecule has 3 aromatic rings. The van der Waals surface area contributed by atoms with Crippen LogP contribution in [0.2, 0.25) is 0 Å². The minimum absolute atomic E-state index is 0.584. The fourth-order valence-corrected chi connectivity index (χ4v) is 4.43. The number of aliphatic hydroxyl groups is 1. The van der Waals surface area contributed by atoms with E-state index in [-0.39, 0.29) is 0 Å². The summed E-state index contributed by atoms with van der Waals surface area (Å²) in [6.45, 7) is 8.21. The zero-order valence-corrected chi connectivity index (χ0v) is 19.2. The molecule has 7 nitrogen and oxygen atoms in total. The van der Waals surface area contributed by atoms with Crippen molar-refractivity contribution >= 4 is 5.82 Å². The molecule has 0 spiro atoms. The molecule has 0 aliphatic carbocycles. The predicted octanol–water partition coefficient (Wildman–Crippen LogP) is 3.05. The molecule has 3 heterocycles. The quantitative estimate of drug-likeness (QED) is 0.557. The van der Waals surface area contributed by atoms with Crippen molar-refractivity contribution in [1.29, 1.82) is 0 Å². The monoisotopic (exact) mass is 435 g/mol. The van der Waals surface area contributed by atoms with Gasteiger partial charge in [0.2, 0.25) is 0 Å². The summed E-state index contributed by atoms with van der Waals surface area (Å²) in [6, 6.07) is 16.2. The lowest BCUT2D eigenvalue weighted by Crippen LogP contribution is -2.43. The topological polar surface area (TPSA) is 66.7 Å². The molecule has 1 unspecified atom stereocenters. The van der Waals surface area contributed by atoms with Crippen LogP contribution >= 0.6 is 0 Å². The van der Waals surface area contributed by atoms with Crippen molar-refractivity contribution in [2.45, 2.75) is 39.0 Å². The number of anilines is 1. The van der Waals surface area contributed by atoms with E-state index < -0.39 is 5.60 Å². The molecule has 1 aromatic carbocycles. The summed E-state index contributed by atoms with van der Waals surface area (Å²) in [5, 5.41) is 15.6. The predicted molar refractivity (Wildman–Crippen MR) is 126 cm³/mol. The van der Waals surface area contributed by atoms with E-state index in [0.717, 1.165) is 49.0 Å². The largest absolute Gasteiger partial charge is 0.492 e. The molecule has 1 fully saturated rings. The van der Waals surface area contributed by atoms with E-state index in [1.54, 1.807) is 6.20 Å². The first-order chi connectivity index (χ1) is 15.4. The number of likely N-dealkylation sites (N-methyl/N-ethyl adjacent to an activating group) is 1. The van der Waals surface area contributed by atoms with Crippen LogP contribution in [0.3, 0.4) is 0 Å². The van der Waals surface area contributed by atoms with Gasteiger partial charge in [0.05, 0.1) is 17.8 Å². The minimum Gasteiger partial charge on any atom is -0.492 e. The molecule has 32 heavy (non-hydrogen) atoms. The Morgan fingerprint density at radius 2 is 1.97 bits per heavy atom. The highest BCUT2D eigenvalue weighted by Gasteiger charge is 2.37. The normalized spacial score (nSPS) is 18.5. The van der Waals surface area contributed by atoms with E-state index in [1.165, 1.54) is 5.56 Å². The summed E-state index contributed by atoms with van der Waals surface area (Å²) in [4.78, 5) is 8.75. The number of nitrogens with zero attached hydrogens (tertiary/aromatic N) is 5. The van der Waals surface area contributed by atoms with Crippen molar-refractivity contribution in [3.8, 4) is 5.75 Å². The van der Waals surface area contributed by atoms with Crippen molar-refractivity contribution in [2.75, 3.05) is 38.2 Å². The Labute approximate surface area is 190 Å². The highest BCUT2D eigenvalue weighted by molar-refractivity contribution is 5.40. The number of β-amino-alcohol motifs (C(OH)–C–C–N with tert-alkyl or cyclic N) is 1. The first-order valence-corrected chi connectivity index (χ1v) is 11.2.